The SMILES string of the molecule is COC(=O)c1cccc(NC(=O)Cc2ccc(Br)cc2)c1. The van der Waals surface area contributed by atoms with Gasteiger partial charge in [-0.15, -0.1) is 0 Å². The smallest absolute Gasteiger partial charge is 0.337 e. The fraction of sp³-hybridized carbons (Fsp3) is 0.125. The average Bonchev–Trinajstić information content (AvgIpc) is 2.49. The van der Waals surface area contributed by atoms with Gasteiger partial charge in [0.1, 0.15) is 0 Å². The van der Waals surface area contributed by atoms with Crippen molar-refractivity contribution in [2.45, 2.75) is 6.42 Å². The number of hydrogen-bond donors (Lipinski definition) is 1. The molecule has 2 aromatic carbocycles. The number of methoxy groups -OCH3 is 1. The third-order valence-corrected chi connectivity index (χ3v) is 3.37. The van der Waals surface area contributed by atoms with Gasteiger partial charge in [0.25, 0.3) is 0 Å². The summed E-state index contributed by atoms with van der Waals surface area (Å²) in [4.78, 5) is 23.4. The zero-order valence-corrected chi connectivity index (χ0v) is 13.0. The molecule has 1 N–H and O–H groups in total. The molecular formula is C16H14BrNO3. The molecule has 0 atom stereocenters. The lowest BCUT2D eigenvalue weighted by atomic mass is 10.1. The first-order chi connectivity index (χ1) is 10.1. The minimum Gasteiger partial charge on any atom is -0.465 e. The highest BCUT2D eigenvalue weighted by atomic mass is 79.9. The molecule has 0 fully saturated rings. The van der Waals surface area contributed by atoms with Gasteiger partial charge in [-0.25, -0.2) is 4.79 Å². The van der Waals surface area contributed by atoms with E-state index in [4.69, 9.17) is 0 Å². The lowest BCUT2D eigenvalue weighted by Crippen LogP contribution is -2.14. The number of amides is 1. The molecule has 108 valence electrons. The first-order valence-electron chi connectivity index (χ1n) is 6.31. The van der Waals surface area contributed by atoms with Crippen LogP contribution in [-0.4, -0.2) is 19.0 Å². The Hall–Kier alpha value is -2.14. The van der Waals surface area contributed by atoms with Crippen molar-refractivity contribution >= 4 is 33.5 Å². The topological polar surface area (TPSA) is 55.4 Å². The first kappa shape index (κ1) is 15.3. The minimum absolute atomic E-state index is 0.140. The third kappa shape index (κ3) is 4.43. The fourth-order valence-electron chi connectivity index (χ4n) is 1.83. The van der Waals surface area contributed by atoms with Gasteiger partial charge in [-0.05, 0) is 35.9 Å². The summed E-state index contributed by atoms with van der Waals surface area (Å²) in [5, 5.41) is 2.77. The predicted octanol–water partition coefficient (Wildman–Crippen LogP) is 3.42. The van der Waals surface area contributed by atoms with Gasteiger partial charge >= 0.3 is 5.97 Å². The molecule has 2 aromatic rings. The van der Waals surface area contributed by atoms with Crippen LogP contribution in [0.25, 0.3) is 0 Å². The second kappa shape index (κ2) is 7.04. The van der Waals surface area contributed by atoms with Gasteiger partial charge in [0.05, 0.1) is 19.1 Å². The molecule has 0 aromatic heterocycles. The van der Waals surface area contributed by atoms with E-state index in [1.165, 1.54) is 7.11 Å². The van der Waals surface area contributed by atoms with Crippen LogP contribution >= 0.6 is 15.9 Å². The number of esters is 1. The van der Waals surface area contributed by atoms with Gasteiger partial charge in [-0.3, -0.25) is 4.79 Å². The van der Waals surface area contributed by atoms with Crippen LogP contribution in [-0.2, 0) is 16.0 Å². The summed E-state index contributed by atoms with van der Waals surface area (Å²) >= 11 is 3.35. The van der Waals surface area contributed by atoms with Crippen LogP contribution in [0, 0.1) is 0 Å². The number of benzene rings is 2. The summed E-state index contributed by atoms with van der Waals surface area (Å²) < 4.78 is 5.62. The van der Waals surface area contributed by atoms with Gasteiger partial charge < -0.3 is 10.1 Å². The second-order valence-electron chi connectivity index (χ2n) is 4.42. The molecule has 4 nitrogen and oxygen atoms in total. The molecule has 0 heterocycles. The molecule has 0 saturated carbocycles. The molecule has 0 spiro atoms. The summed E-state index contributed by atoms with van der Waals surface area (Å²) in [7, 11) is 1.32. The van der Waals surface area contributed by atoms with E-state index < -0.39 is 5.97 Å². The highest BCUT2D eigenvalue weighted by Crippen LogP contribution is 2.14. The Bertz CT molecular complexity index is 653. The molecule has 0 aliphatic rings. The Morgan fingerprint density at radius 1 is 1.14 bits per heavy atom. The molecule has 5 heteroatoms. The van der Waals surface area contributed by atoms with Crippen molar-refractivity contribution in [2.75, 3.05) is 12.4 Å². The normalized spacial score (nSPS) is 10.0. The molecule has 0 saturated heterocycles. The number of hydrogen-bond acceptors (Lipinski definition) is 3. The minimum atomic E-state index is -0.431. The monoisotopic (exact) mass is 347 g/mol. The summed E-state index contributed by atoms with van der Waals surface area (Å²) in [5.74, 6) is -0.571. The van der Waals surface area contributed by atoms with Crippen LogP contribution in [0.15, 0.2) is 53.0 Å². The molecule has 1 amide bonds. The van der Waals surface area contributed by atoms with Gasteiger partial charge in [0.2, 0.25) is 5.91 Å². The van der Waals surface area contributed by atoms with Crippen LogP contribution in [0.1, 0.15) is 15.9 Å². The van der Waals surface area contributed by atoms with E-state index in [0.29, 0.717) is 11.3 Å². The van der Waals surface area contributed by atoms with Crippen molar-refractivity contribution in [3.63, 3.8) is 0 Å². The summed E-state index contributed by atoms with van der Waals surface area (Å²) in [6, 6.07) is 14.2. The lowest BCUT2D eigenvalue weighted by Gasteiger charge is -2.07. The number of nitrogens with one attached hydrogen (secondary N) is 1. The number of anilines is 1. The maximum Gasteiger partial charge on any atom is 0.337 e. The van der Waals surface area contributed by atoms with Crippen molar-refractivity contribution < 1.29 is 14.3 Å². The number of rotatable bonds is 4. The highest BCUT2D eigenvalue weighted by Gasteiger charge is 2.08. The molecule has 2 rings (SSSR count). The lowest BCUT2D eigenvalue weighted by molar-refractivity contribution is -0.115. The van der Waals surface area contributed by atoms with Gasteiger partial charge in [0.15, 0.2) is 0 Å². The van der Waals surface area contributed by atoms with E-state index >= 15 is 0 Å². The van der Waals surface area contributed by atoms with Crippen LogP contribution in [0.3, 0.4) is 0 Å². The van der Waals surface area contributed by atoms with E-state index in [0.717, 1.165) is 10.0 Å². The van der Waals surface area contributed by atoms with Crippen molar-refractivity contribution in [1.29, 1.82) is 0 Å². The summed E-state index contributed by atoms with van der Waals surface area (Å²) in [6.45, 7) is 0. The Morgan fingerprint density at radius 3 is 2.52 bits per heavy atom. The predicted molar refractivity (Wildman–Crippen MR) is 84.3 cm³/mol. The standard InChI is InChI=1S/C16H14BrNO3/c1-21-16(20)12-3-2-4-14(10-12)18-15(19)9-11-5-7-13(17)8-6-11/h2-8,10H,9H2,1H3,(H,18,19). The molecule has 0 aliphatic heterocycles. The number of carbonyl (C=O) groups is 2. The second-order valence-corrected chi connectivity index (χ2v) is 5.34. The van der Waals surface area contributed by atoms with Crippen LogP contribution < -0.4 is 5.32 Å². The third-order valence-electron chi connectivity index (χ3n) is 2.85. The highest BCUT2D eigenvalue weighted by molar-refractivity contribution is 9.10. The Balaban J connectivity index is 2.02. The molecule has 0 radical (unpaired) electrons. The molecule has 21 heavy (non-hydrogen) atoms. The maximum absolute atomic E-state index is 12.0. The van der Waals surface area contributed by atoms with Gasteiger partial charge in [-0.2, -0.15) is 0 Å². The van der Waals surface area contributed by atoms with Crippen LogP contribution in [0.4, 0.5) is 5.69 Å². The van der Waals surface area contributed by atoms with Crippen LogP contribution in [0.5, 0.6) is 0 Å². The van der Waals surface area contributed by atoms with Gasteiger partial charge in [-0.1, -0.05) is 34.1 Å². The summed E-state index contributed by atoms with van der Waals surface area (Å²) in [6.07, 6.45) is 0.274. The molecular weight excluding hydrogens is 334 g/mol. The van der Waals surface area contributed by atoms with Gasteiger partial charge in [0, 0.05) is 10.2 Å². The Labute approximate surface area is 131 Å². The number of carbonyl (C=O) groups excluding carboxylic acids is 2. The Morgan fingerprint density at radius 2 is 1.86 bits per heavy atom. The number of halogens is 1. The maximum atomic E-state index is 12.0. The van der Waals surface area contributed by atoms with E-state index in [2.05, 4.69) is 26.0 Å². The van der Waals surface area contributed by atoms with E-state index in [1.807, 2.05) is 24.3 Å². The van der Waals surface area contributed by atoms with Crippen molar-refractivity contribution in [1.82, 2.24) is 0 Å². The van der Waals surface area contributed by atoms with Crippen molar-refractivity contribution in [3.8, 4) is 0 Å². The molecule has 0 aliphatic carbocycles. The summed E-state index contributed by atoms with van der Waals surface area (Å²) in [5.41, 5.74) is 1.89. The number of ether oxygens (including phenoxy) is 1. The Kier molecular flexibility index (Phi) is 5.11. The van der Waals surface area contributed by atoms with E-state index in [-0.39, 0.29) is 12.3 Å². The molecule has 0 bridgehead atoms. The first-order valence-corrected chi connectivity index (χ1v) is 7.10. The van der Waals surface area contributed by atoms with Crippen molar-refractivity contribution in [2.24, 2.45) is 0 Å². The fourth-order valence-corrected chi connectivity index (χ4v) is 2.10. The average molecular weight is 348 g/mol. The largest absolute Gasteiger partial charge is 0.465 e. The zero-order valence-electron chi connectivity index (χ0n) is 11.4. The van der Waals surface area contributed by atoms with E-state index in [1.54, 1.807) is 24.3 Å². The van der Waals surface area contributed by atoms with E-state index in [9.17, 15) is 9.59 Å². The van der Waals surface area contributed by atoms with Crippen LogP contribution in [0.2, 0.25) is 0 Å². The molecule has 0 unspecified atom stereocenters. The zero-order chi connectivity index (χ0) is 15.2. The van der Waals surface area contributed by atoms with Crippen molar-refractivity contribution in [3.05, 3.63) is 64.1 Å². The quantitative estimate of drug-likeness (QED) is 0.862.